The van der Waals surface area contributed by atoms with Gasteiger partial charge < -0.3 is 18.5 Å². The van der Waals surface area contributed by atoms with Crippen LogP contribution in [0.5, 0.6) is 0 Å². The summed E-state index contributed by atoms with van der Waals surface area (Å²) in [5.41, 5.74) is 0. The minimum absolute atomic E-state index is 0.00502. The third-order valence-electron chi connectivity index (χ3n) is 2.49. The fourth-order valence-corrected chi connectivity index (χ4v) is 3.36. The summed E-state index contributed by atoms with van der Waals surface area (Å²) in [7, 11) is -3.31. The summed E-state index contributed by atoms with van der Waals surface area (Å²) in [6.07, 6.45) is -0.0497. The molecule has 0 aromatic heterocycles. The van der Waals surface area contributed by atoms with E-state index in [1.54, 1.807) is 27.7 Å². The fourth-order valence-electron chi connectivity index (χ4n) is 1.66. The average molecular weight is 324 g/mol. The van der Waals surface area contributed by atoms with Crippen LogP contribution in [0.15, 0.2) is 0 Å². The van der Waals surface area contributed by atoms with Gasteiger partial charge in [-0.05, 0) is 34.1 Å². The number of hydrogen-bond donors (Lipinski definition) is 0. The van der Waals surface area contributed by atoms with Crippen molar-refractivity contribution >= 4 is 19.5 Å². The molecule has 0 fully saturated rings. The van der Waals surface area contributed by atoms with E-state index in [4.69, 9.17) is 18.5 Å². The van der Waals surface area contributed by atoms with Crippen molar-refractivity contribution in [2.24, 2.45) is 5.92 Å². The van der Waals surface area contributed by atoms with Gasteiger partial charge in [-0.2, -0.15) is 0 Å². The zero-order valence-corrected chi connectivity index (χ0v) is 14.0. The monoisotopic (exact) mass is 324 g/mol. The standard InChI is InChI=1S/C13H25O7P/c1-5-17-12(14)11(13(15)18-6-2)9-10-21(16,19-7-3)20-8-4/h11H,5-10H2,1-4H3. The summed E-state index contributed by atoms with van der Waals surface area (Å²) in [5.74, 6) is -2.48. The van der Waals surface area contributed by atoms with Crippen LogP contribution >= 0.6 is 7.60 Å². The molecule has 8 heteroatoms. The molecule has 0 aliphatic heterocycles. The molecule has 0 atom stereocenters. The molecule has 0 radical (unpaired) electrons. The lowest BCUT2D eigenvalue weighted by Gasteiger charge is -2.19. The highest BCUT2D eigenvalue weighted by molar-refractivity contribution is 7.53. The topological polar surface area (TPSA) is 88.1 Å². The zero-order chi connectivity index (χ0) is 16.3. The largest absolute Gasteiger partial charge is 0.465 e. The second-order valence-electron chi connectivity index (χ2n) is 4.02. The van der Waals surface area contributed by atoms with Gasteiger partial charge in [0.15, 0.2) is 5.92 Å². The molecule has 0 saturated carbocycles. The highest BCUT2D eigenvalue weighted by Gasteiger charge is 2.33. The first kappa shape index (κ1) is 20.1. The maximum atomic E-state index is 12.3. The van der Waals surface area contributed by atoms with E-state index in [1.165, 1.54) is 0 Å². The Hall–Kier alpha value is -0.910. The molecule has 0 aromatic carbocycles. The Bertz CT molecular complexity index is 342. The summed E-state index contributed by atoms with van der Waals surface area (Å²) in [6.45, 7) is 7.44. The molecule has 0 aromatic rings. The zero-order valence-electron chi connectivity index (χ0n) is 13.1. The van der Waals surface area contributed by atoms with Gasteiger partial charge in [0.25, 0.3) is 0 Å². The van der Waals surface area contributed by atoms with Gasteiger partial charge in [-0.1, -0.05) is 0 Å². The number of rotatable bonds is 11. The Balaban J connectivity index is 4.83. The van der Waals surface area contributed by atoms with Crippen molar-refractivity contribution in [1.29, 1.82) is 0 Å². The van der Waals surface area contributed by atoms with Crippen molar-refractivity contribution in [1.82, 2.24) is 0 Å². The Labute approximate surface area is 125 Å². The second kappa shape index (κ2) is 10.8. The van der Waals surface area contributed by atoms with Crippen LogP contribution < -0.4 is 0 Å². The molecule has 0 N–H and O–H groups in total. The summed E-state index contributed by atoms with van der Waals surface area (Å²) in [6, 6.07) is 0. The number of hydrogen-bond acceptors (Lipinski definition) is 7. The van der Waals surface area contributed by atoms with Gasteiger partial charge >= 0.3 is 19.5 Å². The van der Waals surface area contributed by atoms with Crippen LogP contribution in [-0.2, 0) is 32.7 Å². The molecule has 0 spiro atoms. The molecule has 7 nitrogen and oxygen atoms in total. The summed E-state index contributed by atoms with van der Waals surface area (Å²) in [4.78, 5) is 23.6. The first-order valence-corrected chi connectivity index (χ1v) is 8.88. The second-order valence-corrected chi connectivity index (χ2v) is 6.20. The first-order chi connectivity index (χ1) is 9.94. The lowest BCUT2D eigenvalue weighted by atomic mass is 10.1. The molecular weight excluding hydrogens is 299 g/mol. The quantitative estimate of drug-likeness (QED) is 0.327. The van der Waals surface area contributed by atoms with Crippen LogP contribution in [0.3, 0.4) is 0 Å². The summed E-state index contributed by atoms with van der Waals surface area (Å²) in [5, 5.41) is 0. The van der Waals surface area contributed by atoms with Gasteiger partial charge in [0.1, 0.15) is 0 Å². The van der Waals surface area contributed by atoms with E-state index in [-0.39, 0.29) is 39.0 Å². The van der Waals surface area contributed by atoms with Gasteiger partial charge in [0, 0.05) is 0 Å². The fraction of sp³-hybridized carbons (Fsp3) is 0.846. The van der Waals surface area contributed by atoms with E-state index in [1.807, 2.05) is 0 Å². The molecule has 21 heavy (non-hydrogen) atoms. The third-order valence-corrected chi connectivity index (χ3v) is 4.59. The van der Waals surface area contributed by atoms with Crippen LogP contribution in [0.2, 0.25) is 0 Å². The molecule has 0 heterocycles. The van der Waals surface area contributed by atoms with E-state index in [0.29, 0.717) is 0 Å². The van der Waals surface area contributed by atoms with E-state index in [0.717, 1.165) is 0 Å². The van der Waals surface area contributed by atoms with Gasteiger partial charge in [0.2, 0.25) is 0 Å². The first-order valence-electron chi connectivity index (χ1n) is 7.15. The Morgan fingerprint density at radius 1 is 0.857 bits per heavy atom. The van der Waals surface area contributed by atoms with E-state index in [9.17, 15) is 14.2 Å². The van der Waals surface area contributed by atoms with Crippen molar-refractivity contribution < 1.29 is 32.7 Å². The molecule has 0 rings (SSSR count). The normalized spacial score (nSPS) is 11.5. The van der Waals surface area contributed by atoms with Crippen LogP contribution in [-0.4, -0.2) is 44.5 Å². The summed E-state index contributed by atoms with van der Waals surface area (Å²) >= 11 is 0. The molecule has 0 amide bonds. The highest BCUT2D eigenvalue weighted by atomic mass is 31.2. The van der Waals surface area contributed by atoms with Crippen LogP contribution in [0.4, 0.5) is 0 Å². The van der Waals surface area contributed by atoms with Crippen molar-refractivity contribution in [3.05, 3.63) is 0 Å². The Morgan fingerprint density at radius 3 is 1.62 bits per heavy atom. The van der Waals surface area contributed by atoms with Gasteiger partial charge in [-0.25, -0.2) is 0 Å². The highest BCUT2D eigenvalue weighted by Crippen LogP contribution is 2.49. The maximum Gasteiger partial charge on any atom is 0.330 e. The predicted octanol–water partition coefficient (Wildman–Crippen LogP) is 2.39. The molecule has 0 bridgehead atoms. The lowest BCUT2D eigenvalue weighted by Crippen LogP contribution is -2.29. The van der Waals surface area contributed by atoms with E-state index >= 15 is 0 Å². The molecule has 124 valence electrons. The number of esters is 2. The number of ether oxygens (including phenoxy) is 2. The van der Waals surface area contributed by atoms with Crippen LogP contribution in [0, 0.1) is 5.92 Å². The smallest absolute Gasteiger partial charge is 0.330 e. The third kappa shape index (κ3) is 7.60. The van der Waals surface area contributed by atoms with Crippen LogP contribution in [0.1, 0.15) is 34.1 Å². The average Bonchev–Trinajstić information content (AvgIpc) is 2.40. The van der Waals surface area contributed by atoms with Crippen molar-refractivity contribution in [2.45, 2.75) is 34.1 Å². The number of carbonyl (C=O) groups excluding carboxylic acids is 2. The lowest BCUT2D eigenvalue weighted by molar-refractivity contribution is -0.161. The molecule has 0 saturated heterocycles. The van der Waals surface area contributed by atoms with Gasteiger partial charge in [-0.3, -0.25) is 14.2 Å². The molecular formula is C13H25O7P. The molecule has 0 unspecified atom stereocenters. The minimum atomic E-state index is -3.31. The number of carbonyl (C=O) groups is 2. The van der Waals surface area contributed by atoms with Gasteiger partial charge in [-0.15, -0.1) is 0 Å². The van der Waals surface area contributed by atoms with E-state index < -0.39 is 25.5 Å². The maximum absolute atomic E-state index is 12.3. The van der Waals surface area contributed by atoms with Gasteiger partial charge in [0.05, 0.1) is 32.6 Å². The summed E-state index contributed by atoms with van der Waals surface area (Å²) < 4.78 is 32.3. The predicted molar refractivity (Wildman–Crippen MR) is 77.1 cm³/mol. The Morgan fingerprint density at radius 2 is 1.29 bits per heavy atom. The van der Waals surface area contributed by atoms with Crippen molar-refractivity contribution in [3.8, 4) is 0 Å². The SMILES string of the molecule is CCOC(=O)C(CCP(=O)(OCC)OCC)C(=O)OCC. The van der Waals surface area contributed by atoms with E-state index in [2.05, 4.69) is 0 Å². The van der Waals surface area contributed by atoms with Crippen molar-refractivity contribution in [3.63, 3.8) is 0 Å². The van der Waals surface area contributed by atoms with Crippen LogP contribution in [0.25, 0.3) is 0 Å². The molecule has 0 aliphatic rings. The van der Waals surface area contributed by atoms with Crippen molar-refractivity contribution in [2.75, 3.05) is 32.6 Å². The minimum Gasteiger partial charge on any atom is -0.465 e. The Kier molecular flexibility index (Phi) is 10.3. The molecule has 0 aliphatic carbocycles.